The van der Waals surface area contributed by atoms with Crippen LogP contribution in [0.5, 0.6) is 11.5 Å². The van der Waals surface area contributed by atoms with Crippen molar-refractivity contribution in [3.63, 3.8) is 0 Å². The van der Waals surface area contributed by atoms with Gasteiger partial charge in [0.25, 0.3) is 5.56 Å². The topological polar surface area (TPSA) is 106 Å². The van der Waals surface area contributed by atoms with E-state index in [9.17, 15) is 17.6 Å². The third-order valence-corrected chi connectivity index (χ3v) is 7.27. The van der Waals surface area contributed by atoms with Crippen molar-refractivity contribution in [3.8, 4) is 11.5 Å². The molecule has 5 rings (SSSR count). The lowest BCUT2D eigenvalue weighted by Gasteiger charge is -2.30. The van der Waals surface area contributed by atoms with Crippen molar-refractivity contribution in [1.82, 2.24) is 18.8 Å². The molecule has 1 saturated carbocycles. The van der Waals surface area contributed by atoms with Crippen LogP contribution < -0.4 is 15.6 Å². The average Bonchev–Trinajstić information content (AvgIpc) is 3.61. The summed E-state index contributed by atoms with van der Waals surface area (Å²) in [6, 6.07) is 7.53. The van der Waals surface area contributed by atoms with Gasteiger partial charge in [-0.25, -0.2) is 22.1 Å². The van der Waals surface area contributed by atoms with E-state index in [4.69, 9.17) is 4.74 Å². The van der Waals surface area contributed by atoms with Gasteiger partial charge in [-0.1, -0.05) is 12.1 Å². The maximum absolute atomic E-state index is 14.1. The van der Waals surface area contributed by atoms with Crippen LogP contribution >= 0.6 is 0 Å². The molecule has 0 bridgehead atoms. The highest BCUT2D eigenvalue weighted by molar-refractivity contribution is 7.88. The first-order chi connectivity index (χ1) is 15.8. The first-order valence-corrected chi connectivity index (χ1v) is 12.7. The number of para-hydroxylation sites is 1. The van der Waals surface area contributed by atoms with Crippen molar-refractivity contribution >= 4 is 27.0 Å². The van der Waals surface area contributed by atoms with Gasteiger partial charge in [-0.05, 0) is 43.9 Å². The molecular weight excluding hydrogens is 449 g/mol. The largest absolute Gasteiger partial charge is 0.448 e. The molecule has 33 heavy (non-hydrogen) atoms. The fraction of sp³-hybridized carbons (Fsp3) is 0.409. The van der Waals surface area contributed by atoms with Crippen molar-refractivity contribution in [2.45, 2.75) is 37.8 Å². The van der Waals surface area contributed by atoms with Gasteiger partial charge >= 0.3 is 0 Å². The van der Waals surface area contributed by atoms with Gasteiger partial charge in [-0.2, -0.15) is 4.98 Å². The van der Waals surface area contributed by atoms with Crippen LogP contribution in [0.25, 0.3) is 11.0 Å². The Morgan fingerprint density at radius 3 is 2.52 bits per heavy atom. The second-order valence-electron chi connectivity index (χ2n) is 8.50. The number of halogens is 1. The van der Waals surface area contributed by atoms with Gasteiger partial charge in [0.1, 0.15) is 5.65 Å². The Hall–Kier alpha value is -3.05. The summed E-state index contributed by atoms with van der Waals surface area (Å²) in [6.07, 6.45) is 5.82. The molecule has 3 aromatic rings. The number of nitrogens with one attached hydrogen (secondary N) is 1. The lowest BCUT2D eigenvalue weighted by molar-refractivity contribution is 0.331. The molecule has 0 amide bonds. The van der Waals surface area contributed by atoms with E-state index in [2.05, 4.69) is 15.3 Å². The zero-order valence-corrected chi connectivity index (χ0v) is 18.9. The number of hydrogen-bond donors (Lipinski definition) is 1. The van der Waals surface area contributed by atoms with Crippen molar-refractivity contribution < 1.29 is 17.5 Å². The molecule has 174 valence electrons. The predicted molar refractivity (Wildman–Crippen MR) is 122 cm³/mol. The standard InChI is InChI=1S/C22H24FN5O4S/c1-33(30,31)27-10-8-15(9-11-27)25-22-24-13-14-12-19(32-18-5-3-2-4-17(18)23)21(29)28(16-6-7-16)20(14)26-22/h2-5,12-13,15-16H,6-11H2,1H3,(H,24,25,26). The Morgan fingerprint density at radius 2 is 1.85 bits per heavy atom. The van der Waals surface area contributed by atoms with E-state index in [1.807, 2.05) is 0 Å². The fourth-order valence-electron chi connectivity index (χ4n) is 4.07. The molecule has 0 spiro atoms. The molecule has 2 fully saturated rings. The highest BCUT2D eigenvalue weighted by atomic mass is 32.2. The number of rotatable bonds is 6. The van der Waals surface area contributed by atoms with Gasteiger partial charge in [0.15, 0.2) is 17.3 Å². The van der Waals surface area contributed by atoms with Gasteiger partial charge in [0.2, 0.25) is 16.0 Å². The molecule has 9 nitrogen and oxygen atoms in total. The number of aromatic nitrogens is 3. The van der Waals surface area contributed by atoms with Crippen LogP contribution in [0.15, 0.2) is 41.3 Å². The van der Waals surface area contributed by atoms with E-state index < -0.39 is 15.8 Å². The Kier molecular flexibility index (Phi) is 5.53. The number of hydrogen-bond acceptors (Lipinski definition) is 7. The van der Waals surface area contributed by atoms with Gasteiger partial charge in [-0.3, -0.25) is 9.36 Å². The normalized spacial score (nSPS) is 17.9. The van der Waals surface area contributed by atoms with E-state index in [0.29, 0.717) is 42.9 Å². The minimum atomic E-state index is -3.19. The second kappa shape index (κ2) is 8.38. The minimum Gasteiger partial charge on any atom is -0.448 e. The van der Waals surface area contributed by atoms with Crippen molar-refractivity contribution in [1.29, 1.82) is 0 Å². The van der Waals surface area contributed by atoms with E-state index in [1.165, 1.54) is 28.8 Å². The zero-order valence-electron chi connectivity index (χ0n) is 18.1. The second-order valence-corrected chi connectivity index (χ2v) is 10.5. The Bertz CT molecular complexity index is 1360. The van der Waals surface area contributed by atoms with Crippen molar-refractivity contribution in [3.05, 3.63) is 52.7 Å². The van der Waals surface area contributed by atoms with Crippen LogP contribution in [0.3, 0.4) is 0 Å². The van der Waals surface area contributed by atoms with E-state index >= 15 is 0 Å². The number of nitrogens with zero attached hydrogens (tertiary/aromatic N) is 4. The maximum atomic E-state index is 14.1. The first-order valence-electron chi connectivity index (χ1n) is 10.9. The maximum Gasteiger partial charge on any atom is 0.295 e. The molecule has 0 unspecified atom stereocenters. The molecule has 1 saturated heterocycles. The third kappa shape index (κ3) is 4.55. The van der Waals surface area contributed by atoms with Gasteiger partial charge < -0.3 is 10.1 Å². The fourth-order valence-corrected chi connectivity index (χ4v) is 4.94. The van der Waals surface area contributed by atoms with Crippen molar-refractivity contribution in [2.24, 2.45) is 0 Å². The molecule has 1 aliphatic heterocycles. The summed E-state index contributed by atoms with van der Waals surface area (Å²) in [4.78, 5) is 22.2. The minimum absolute atomic E-state index is 0.0177. The van der Waals surface area contributed by atoms with Crippen LogP contribution in [0.1, 0.15) is 31.7 Å². The van der Waals surface area contributed by atoms with Gasteiger partial charge in [0.05, 0.1) is 6.26 Å². The molecule has 3 heterocycles. The molecule has 1 N–H and O–H groups in total. The number of pyridine rings is 1. The number of fused-ring (bicyclic) bond motifs is 1. The summed E-state index contributed by atoms with van der Waals surface area (Å²) in [5, 5.41) is 3.89. The molecule has 1 aromatic carbocycles. The van der Waals surface area contributed by atoms with Crippen LogP contribution in [-0.4, -0.2) is 52.6 Å². The lowest BCUT2D eigenvalue weighted by Crippen LogP contribution is -2.42. The van der Waals surface area contributed by atoms with E-state index in [0.717, 1.165) is 12.8 Å². The molecular formula is C22H24FN5O4S. The summed E-state index contributed by atoms with van der Waals surface area (Å²) in [5.74, 6) is -0.155. The number of piperidine rings is 1. The quantitative estimate of drug-likeness (QED) is 0.587. The molecule has 2 aromatic heterocycles. The molecule has 1 aliphatic carbocycles. The number of benzene rings is 1. The number of sulfonamides is 1. The summed E-state index contributed by atoms with van der Waals surface area (Å²) in [6.45, 7) is 0.876. The van der Waals surface area contributed by atoms with Crippen LogP contribution in [0.2, 0.25) is 0 Å². The predicted octanol–water partition coefficient (Wildman–Crippen LogP) is 2.89. The van der Waals surface area contributed by atoms with Gasteiger partial charge in [0, 0.05) is 36.8 Å². The number of anilines is 1. The summed E-state index contributed by atoms with van der Waals surface area (Å²) >= 11 is 0. The van der Waals surface area contributed by atoms with Crippen LogP contribution in [0.4, 0.5) is 10.3 Å². The van der Waals surface area contributed by atoms with Crippen molar-refractivity contribution in [2.75, 3.05) is 24.7 Å². The molecule has 0 atom stereocenters. The Morgan fingerprint density at radius 1 is 1.12 bits per heavy atom. The van der Waals surface area contributed by atoms with Crippen LogP contribution in [0, 0.1) is 5.82 Å². The van der Waals surface area contributed by atoms with E-state index in [1.54, 1.807) is 22.9 Å². The number of ether oxygens (including phenoxy) is 1. The third-order valence-electron chi connectivity index (χ3n) is 5.97. The zero-order chi connectivity index (χ0) is 23.2. The smallest absolute Gasteiger partial charge is 0.295 e. The van der Waals surface area contributed by atoms with Gasteiger partial charge in [-0.15, -0.1) is 0 Å². The first kappa shape index (κ1) is 21.8. The SMILES string of the molecule is CS(=O)(=O)N1CCC(Nc2ncc3cc(Oc4ccccc4F)c(=O)n(C4CC4)c3n2)CC1. The highest BCUT2D eigenvalue weighted by Gasteiger charge is 2.29. The summed E-state index contributed by atoms with van der Waals surface area (Å²) < 4.78 is 46.2. The lowest BCUT2D eigenvalue weighted by atomic mass is 10.1. The molecule has 2 aliphatic rings. The molecule has 11 heteroatoms. The average molecular weight is 474 g/mol. The molecule has 0 radical (unpaired) electrons. The Balaban J connectivity index is 1.43. The van der Waals surface area contributed by atoms with Crippen LogP contribution in [-0.2, 0) is 10.0 Å². The Labute approximate surface area is 190 Å². The summed E-state index contributed by atoms with van der Waals surface area (Å²) in [7, 11) is -3.19. The summed E-state index contributed by atoms with van der Waals surface area (Å²) in [5.41, 5.74) is 0.133. The monoisotopic (exact) mass is 473 g/mol. The highest BCUT2D eigenvalue weighted by Crippen LogP contribution is 2.37. The van der Waals surface area contributed by atoms with E-state index in [-0.39, 0.29) is 29.1 Å².